The van der Waals surface area contributed by atoms with Crippen LogP contribution < -0.4 is 15.4 Å². The molecule has 110 valence electrons. The zero-order valence-electron chi connectivity index (χ0n) is 11.3. The largest absolute Gasteiger partial charge is 0.497 e. The molecule has 0 unspecified atom stereocenters. The molecule has 2 rings (SSSR count). The Kier molecular flexibility index (Phi) is 4.45. The molecule has 0 aliphatic rings. The highest BCUT2D eigenvalue weighted by molar-refractivity contribution is 6.00. The van der Waals surface area contributed by atoms with Crippen LogP contribution in [0.25, 0.3) is 0 Å². The molecule has 0 bridgehead atoms. The second kappa shape index (κ2) is 6.47. The van der Waals surface area contributed by atoms with Crippen LogP contribution in [0.4, 0.5) is 10.5 Å². The molecule has 1 aromatic carbocycles. The predicted octanol–water partition coefficient (Wildman–Crippen LogP) is 2.31. The number of aromatic carboxylic acids is 1. The van der Waals surface area contributed by atoms with Gasteiger partial charge in [-0.2, -0.15) is 0 Å². The number of rotatable bonds is 5. The summed E-state index contributed by atoms with van der Waals surface area (Å²) in [6.07, 6.45) is 1.50. The smallest absolute Gasteiger partial charge is 0.337 e. The van der Waals surface area contributed by atoms with Crippen LogP contribution in [0.15, 0.2) is 41.0 Å². The molecule has 0 saturated carbocycles. The molecule has 1 aromatic heterocycles. The van der Waals surface area contributed by atoms with Crippen LogP contribution in [0, 0.1) is 0 Å². The summed E-state index contributed by atoms with van der Waals surface area (Å²) in [7, 11) is 1.43. The number of nitrogens with one attached hydrogen (secondary N) is 2. The highest BCUT2D eigenvalue weighted by Gasteiger charge is 2.13. The first kappa shape index (κ1) is 14.4. The molecule has 0 spiro atoms. The van der Waals surface area contributed by atoms with Crippen molar-refractivity contribution in [3.05, 3.63) is 47.9 Å². The van der Waals surface area contributed by atoms with Crippen molar-refractivity contribution < 1.29 is 23.8 Å². The molecule has 7 nitrogen and oxygen atoms in total. The van der Waals surface area contributed by atoms with Crippen LogP contribution in [0.2, 0.25) is 0 Å². The lowest BCUT2D eigenvalue weighted by atomic mass is 10.1. The van der Waals surface area contributed by atoms with Gasteiger partial charge in [0.05, 0.1) is 31.2 Å². The van der Waals surface area contributed by atoms with Gasteiger partial charge in [0.15, 0.2) is 0 Å². The maximum absolute atomic E-state index is 11.7. The SMILES string of the molecule is COc1ccc(NC(=O)NCc2ccco2)c(C(=O)O)c1. The van der Waals surface area contributed by atoms with E-state index < -0.39 is 12.0 Å². The minimum absolute atomic E-state index is 0.0532. The van der Waals surface area contributed by atoms with E-state index in [1.165, 1.54) is 25.5 Å². The number of carboxylic acid groups (broad SMARTS) is 1. The number of furan rings is 1. The molecular weight excluding hydrogens is 276 g/mol. The summed E-state index contributed by atoms with van der Waals surface area (Å²) in [6.45, 7) is 0.206. The lowest BCUT2D eigenvalue weighted by Gasteiger charge is -2.10. The normalized spacial score (nSPS) is 9.95. The molecule has 1 heterocycles. The number of benzene rings is 1. The molecule has 0 saturated heterocycles. The van der Waals surface area contributed by atoms with E-state index in [-0.39, 0.29) is 17.8 Å². The maximum Gasteiger partial charge on any atom is 0.337 e. The molecular formula is C14H14N2O5. The lowest BCUT2D eigenvalue weighted by molar-refractivity contribution is 0.0697. The first-order valence-corrected chi connectivity index (χ1v) is 6.08. The number of methoxy groups -OCH3 is 1. The number of anilines is 1. The minimum Gasteiger partial charge on any atom is -0.497 e. The predicted molar refractivity (Wildman–Crippen MR) is 74.5 cm³/mol. The number of hydrogen-bond acceptors (Lipinski definition) is 4. The highest BCUT2D eigenvalue weighted by Crippen LogP contribution is 2.22. The Hall–Kier alpha value is -2.96. The summed E-state index contributed by atoms with van der Waals surface area (Å²) in [4.78, 5) is 22.9. The van der Waals surface area contributed by atoms with Crippen LogP contribution in [0.3, 0.4) is 0 Å². The van der Waals surface area contributed by atoms with Crippen LogP contribution >= 0.6 is 0 Å². The van der Waals surface area contributed by atoms with Crippen molar-refractivity contribution in [2.75, 3.05) is 12.4 Å². The Labute approximate surface area is 120 Å². The summed E-state index contributed by atoms with van der Waals surface area (Å²) >= 11 is 0. The zero-order chi connectivity index (χ0) is 15.2. The van der Waals surface area contributed by atoms with Gasteiger partial charge >= 0.3 is 12.0 Å². The molecule has 0 aliphatic carbocycles. The third-order valence-corrected chi connectivity index (χ3v) is 2.71. The van der Waals surface area contributed by atoms with E-state index >= 15 is 0 Å². The van der Waals surface area contributed by atoms with Crippen LogP contribution in [0.5, 0.6) is 5.75 Å². The van der Waals surface area contributed by atoms with Crippen molar-refractivity contribution in [1.82, 2.24) is 5.32 Å². The van der Waals surface area contributed by atoms with Crippen molar-refractivity contribution >= 4 is 17.7 Å². The summed E-state index contributed by atoms with van der Waals surface area (Å²) < 4.78 is 10.0. The van der Waals surface area contributed by atoms with Crippen molar-refractivity contribution in [3.63, 3.8) is 0 Å². The van der Waals surface area contributed by atoms with Crippen molar-refractivity contribution in [3.8, 4) is 5.75 Å². The Balaban J connectivity index is 2.04. The van der Waals surface area contributed by atoms with Crippen molar-refractivity contribution in [2.45, 2.75) is 6.54 Å². The third kappa shape index (κ3) is 3.75. The second-order valence-electron chi connectivity index (χ2n) is 4.10. The molecule has 3 N–H and O–H groups in total. The number of amides is 2. The topological polar surface area (TPSA) is 101 Å². The zero-order valence-corrected chi connectivity index (χ0v) is 11.3. The molecule has 2 amide bonds. The molecule has 2 aromatic rings. The number of hydrogen-bond donors (Lipinski definition) is 3. The van der Waals surface area contributed by atoms with Crippen LogP contribution in [0.1, 0.15) is 16.1 Å². The quantitative estimate of drug-likeness (QED) is 0.784. The third-order valence-electron chi connectivity index (χ3n) is 2.71. The van der Waals surface area contributed by atoms with Crippen LogP contribution in [-0.2, 0) is 6.54 Å². The summed E-state index contributed by atoms with van der Waals surface area (Å²) in [5.74, 6) is -0.164. The van der Waals surface area contributed by atoms with Gasteiger partial charge < -0.3 is 24.9 Å². The standard InChI is InChI=1S/C14H14N2O5/c1-20-9-4-5-12(11(7-9)13(17)18)16-14(19)15-8-10-3-2-6-21-10/h2-7H,8H2,1H3,(H,17,18)(H2,15,16,19). The van der Waals surface area contributed by atoms with Crippen LogP contribution in [-0.4, -0.2) is 24.2 Å². The van der Waals surface area contributed by atoms with Gasteiger partial charge in [-0.25, -0.2) is 9.59 Å². The number of carboxylic acids is 1. The van der Waals surface area contributed by atoms with E-state index in [4.69, 9.17) is 14.3 Å². The van der Waals surface area contributed by atoms with Gasteiger partial charge in [-0.15, -0.1) is 0 Å². The number of carbonyl (C=O) groups excluding carboxylic acids is 1. The average Bonchev–Trinajstić information content (AvgIpc) is 2.98. The van der Waals surface area contributed by atoms with E-state index in [0.717, 1.165) is 0 Å². The monoisotopic (exact) mass is 290 g/mol. The fraction of sp³-hybridized carbons (Fsp3) is 0.143. The lowest BCUT2D eigenvalue weighted by Crippen LogP contribution is -2.28. The number of ether oxygens (including phenoxy) is 1. The minimum atomic E-state index is -1.16. The van der Waals surface area contributed by atoms with E-state index in [1.807, 2.05) is 0 Å². The van der Waals surface area contributed by atoms with Gasteiger partial charge in [0.1, 0.15) is 11.5 Å². The Bertz CT molecular complexity index is 637. The number of urea groups is 1. The summed E-state index contributed by atoms with van der Waals surface area (Å²) in [5.41, 5.74) is 0.128. The molecule has 21 heavy (non-hydrogen) atoms. The molecule has 0 fully saturated rings. The first-order chi connectivity index (χ1) is 10.1. The van der Waals surface area contributed by atoms with Crippen molar-refractivity contribution in [2.24, 2.45) is 0 Å². The summed E-state index contributed by atoms with van der Waals surface area (Å²) in [6, 6.07) is 7.27. The summed E-state index contributed by atoms with van der Waals surface area (Å²) in [5, 5.41) is 14.2. The molecule has 0 aliphatic heterocycles. The van der Waals surface area contributed by atoms with Gasteiger partial charge in [0, 0.05) is 0 Å². The van der Waals surface area contributed by atoms with E-state index in [1.54, 1.807) is 18.2 Å². The van der Waals surface area contributed by atoms with Gasteiger partial charge in [-0.1, -0.05) is 0 Å². The molecule has 7 heteroatoms. The van der Waals surface area contributed by atoms with Gasteiger partial charge in [0.2, 0.25) is 0 Å². The van der Waals surface area contributed by atoms with Gasteiger partial charge in [-0.3, -0.25) is 0 Å². The van der Waals surface area contributed by atoms with Gasteiger partial charge in [0.25, 0.3) is 0 Å². The second-order valence-corrected chi connectivity index (χ2v) is 4.10. The fourth-order valence-electron chi connectivity index (χ4n) is 1.68. The molecule has 0 atom stereocenters. The van der Waals surface area contributed by atoms with E-state index in [2.05, 4.69) is 10.6 Å². The van der Waals surface area contributed by atoms with Gasteiger partial charge in [-0.05, 0) is 30.3 Å². The highest BCUT2D eigenvalue weighted by atomic mass is 16.5. The maximum atomic E-state index is 11.7. The van der Waals surface area contributed by atoms with Crippen molar-refractivity contribution in [1.29, 1.82) is 0 Å². The Morgan fingerprint density at radius 3 is 2.76 bits per heavy atom. The Morgan fingerprint density at radius 1 is 1.33 bits per heavy atom. The fourth-order valence-corrected chi connectivity index (χ4v) is 1.68. The Morgan fingerprint density at radius 2 is 2.14 bits per heavy atom. The van der Waals surface area contributed by atoms with E-state index in [0.29, 0.717) is 11.5 Å². The molecule has 0 radical (unpaired) electrons. The average molecular weight is 290 g/mol. The number of carbonyl (C=O) groups is 2. The van der Waals surface area contributed by atoms with E-state index in [9.17, 15) is 9.59 Å². The first-order valence-electron chi connectivity index (χ1n) is 6.08.